The van der Waals surface area contributed by atoms with Gasteiger partial charge in [-0.1, -0.05) is 12.1 Å². The molecule has 23 heavy (non-hydrogen) atoms. The van der Waals surface area contributed by atoms with Crippen molar-refractivity contribution in [2.75, 3.05) is 13.9 Å². The molecule has 0 saturated heterocycles. The second-order valence-electron chi connectivity index (χ2n) is 4.63. The van der Waals surface area contributed by atoms with Gasteiger partial charge >= 0.3 is 0 Å². The molecule has 0 spiro atoms. The lowest BCUT2D eigenvalue weighted by Gasteiger charge is -2.06. The SMILES string of the molecule is COc1ccccc1C(=O)N/N=C/c1cc2c(cc1Br)OCO2. The lowest BCUT2D eigenvalue weighted by atomic mass is 10.2. The van der Waals surface area contributed by atoms with Gasteiger partial charge in [-0.3, -0.25) is 4.79 Å². The van der Waals surface area contributed by atoms with Crippen LogP contribution in [0.2, 0.25) is 0 Å². The molecule has 2 aromatic carbocycles. The van der Waals surface area contributed by atoms with Crippen LogP contribution in [0.15, 0.2) is 46.0 Å². The van der Waals surface area contributed by atoms with Crippen molar-refractivity contribution in [1.82, 2.24) is 5.43 Å². The van der Waals surface area contributed by atoms with Crippen molar-refractivity contribution in [3.8, 4) is 17.2 Å². The van der Waals surface area contributed by atoms with Crippen LogP contribution in [0.4, 0.5) is 0 Å². The van der Waals surface area contributed by atoms with E-state index in [2.05, 4.69) is 26.5 Å². The van der Waals surface area contributed by atoms with Crippen LogP contribution in [-0.4, -0.2) is 26.0 Å². The number of hydrogen-bond donors (Lipinski definition) is 1. The van der Waals surface area contributed by atoms with Crippen molar-refractivity contribution in [2.45, 2.75) is 0 Å². The van der Waals surface area contributed by atoms with Crippen molar-refractivity contribution in [3.63, 3.8) is 0 Å². The summed E-state index contributed by atoms with van der Waals surface area (Å²) in [7, 11) is 1.51. The molecule has 0 fully saturated rings. The minimum atomic E-state index is -0.351. The number of nitrogens with one attached hydrogen (secondary N) is 1. The summed E-state index contributed by atoms with van der Waals surface area (Å²) in [5.41, 5.74) is 3.65. The highest BCUT2D eigenvalue weighted by atomic mass is 79.9. The highest BCUT2D eigenvalue weighted by Crippen LogP contribution is 2.36. The average molecular weight is 377 g/mol. The van der Waals surface area contributed by atoms with Crippen LogP contribution in [0.1, 0.15) is 15.9 Å². The van der Waals surface area contributed by atoms with Gasteiger partial charge < -0.3 is 14.2 Å². The Hall–Kier alpha value is -2.54. The van der Waals surface area contributed by atoms with Crippen LogP contribution in [0, 0.1) is 0 Å². The van der Waals surface area contributed by atoms with Crippen molar-refractivity contribution in [2.24, 2.45) is 5.10 Å². The first-order valence-electron chi connectivity index (χ1n) is 6.74. The van der Waals surface area contributed by atoms with E-state index >= 15 is 0 Å². The second-order valence-corrected chi connectivity index (χ2v) is 5.48. The van der Waals surface area contributed by atoms with Gasteiger partial charge in [0.15, 0.2) is 11.5 Å². The van der Waals surface area contributed by atoms with Crippen LogP contribution in [0.3, 0.4) is 0 Å². The van der Waals surface area contributed by atoms with E-state index in [0.29, 0.717) is 22.8 Å². The number of nitrogens with zero attached hydrogens (tertiary/aromatic N) is 1. The van der Waals surface area contributed by atoms with Crippen molar-refractivity contribution < 1.29 is 19.0 Å². The number of benzene rings is 2. The molecule has 1 aliphatic heterocycles. The molecular formula is C16H13BrN2O4. The van der Waals surface area contributed by atoms with Crippen LogP contribution in [-0.2, 0) is 0 Å². The fraction of sp³-hybridized carbons (Fsp3) is 0.125. The maximum Gasteiger partial charge on any atom is 0.275 e. The molecule has 0 bridgehead atoms. The number of ether oxygens (including phenoxy) is 3. The van der Waals surface area contributed by atoms with Crippen LogP contribution in [0.5, 0.6) is 17.2 Å². The number of hydrazone groups is 1. The number of carbonyl (C=O) groups is 1. The Morgan fingerprint density at radius 3 is 2.83 bits per heavy atom. The summed E-state index contributed by atoms with van der Waals surface area (Å²) in [6, 6.07) is 10.5. The van der Waals surface area contributed by atoms with Crippen molar-refractivity contribution >= 4 is 28.1 Å². The van der Waals surface area contributed by atoms with Gasteiger partial charge in [0, 0.05) is 10.0 Å². The summed E-state index contributed by atoms with van der Waals surface area (Å²) in [5, 5.41) is 3.97. The van der Waals surface area contributed by atoms with E-state index in [-0.39, 0.29) is 12.7 Å². The summed E-state index contributed by atoms with van der Waals surface area (Å²) in [6.45, 7) is 0.201. The number of methoxy groups -OCH3 is 1. The number of carbonyl (C=O) groups excluding carboxylic acids is 1. The van der Waals surface area contributed by atoms with Crippen LogP contribution < -0.4 is 19.6 Å². The Morgan fingerprint density at radius 1 is 1.30 bits per heavy atom. The monoisotopic (exact) mass is 376 g/mol. The number of para-hydroxylation sites is 1. The third-order valence-electron chi connectivity index (χ3n) is 3.21. The van der Waals surface area contributed by atoms with Crippen molar-refractivity contribution in [3.05, 3.63) is 52.0 Å². The number of amides is 1. The number of halogens is 1. The van der Waals surface area contributed by atoms with Gasteiger partial charge in [-0.05, 0) is 40.2 Å². The lowest BCUT2D eigenvalue weighted by Crippen LogP contribution is -2.18. The molecule has 6 nitrogen and oxygen atoms in total. The molecule has 1 heterocycles. The van der Waals surface area contributed by atoms with Gasteiger partial charge in [-0.25, -0.2) is 5.43 Å². The molecule has 118 valence electrons. The van der Waals surface area contributed by atoms with Crippen LogP contribution in [0.25, 0.3) is 0 Å². The Bertz CT molecular complexity index is 777. The Labute approximate surface area is 141 Å². The Balaban J connectivity index is 1.73. The molecule has 1 amide bonds. The Kier molecular flexibility index (Phi) is 4.47. The molecule has 7 heteroatoms. The molecule has 0 saturated carbocycles. The quantitative estimate of drug-likeness (QED) is 0.657. The van der Waals surface area contributed by atoms with Gasteiger partial charge in [-0.2, -0.15) is 5.10 Å². The minimum Gasteiger partial charge on any atom is -0.496 e. The van der Waals surface area contributed by atoms with E-state index in [9.17, 15) is 4.79 Å². The zero-order valence-electron chi connectivity index (χ0n) is 12.2. The van der Waals surface area contributed by atoms with Gasteiger partial charge in [0.05, 0.1) is 18.9 Å². The zero-order valence-corrected chi connectivity index (χ0v) is 13.8. The summed E-state index contributed by atoms with van der Waals surface area (Å²) >= 11 is 3.43. The maximum absolute atomic E-state index is 12.1. The van der Waals surface area contributed by atoms with E-state index in [4.69, 9.17) is 14.2 Å². The maximum atomic E-state index is 12.1. The van der Waals surface area contributed by atoms with Gasteiger partial charge in [0.2, 0.25) is 6.79 Å². The number of hydrogen-bond acceptors (Lipinski definition) is 5. The zero-order chi connectivity index (χ0) is 16.2. The number of fused-ring (bicyclic) bond motifs is 1. The first-order chi connectivity index (χ1) is 11.2. The van der Waals surface area contributed by atoms with E-state index in [0.717, 1.165) is 10.0 Å². The fourth-order valence-electron chi connectivity index (χ4n) is 2.08. The summed E-state index contributed by atoms with van der Waals surface area (Å²) in [6.07, 6.45) is 1.53. The fourth-order valence-corrected chi connectivity index (χ4v) is 2.51. The molecule has 0 atom stereocenters. The van der Waals surface area contributed by atoms with Gasteiger partial charge in [0.25, 0.3) is 5.91 Å². The summed E-state index contributed by atoms with van der Waals surface area (Å²) in [5.74, 6) is 1.46. The van der Waals surface area contributed by atoms with Crippen LogP contribution >= 0.6 is 15.9 Å². The van der Waals surface area contributed by atoms with E-state index in [1.54, 1.807) is 36.4 Å². The highest BCUT2D eigenvalue weighted by molar-refractivity contribution is 9.10. The average Bonchev–Trinajstić information content (AvgIpc) is 3.01. The molecule has 0 aliphatic carbocycles. The van der Waals surface area contributed by atoms with E-state index < -0.39 is 0 Å². The van der Waals surface area contributed by atoms with E-state index in [1.807, 2.05) is 0 Å². The second kappa shape index (κ2) is 6.70. The minimum absolute atomic E-state index is 0.201. The molecule has 3 rings (SSSR count). The predicted octanol–water partition coefficient (Wildman–Crippen LogP) is 2.95. The first kappa shape index (κ1) is 15.4. The topological polar surface area (TPSA) is 69.2 Å². The first-order valence-corrected chi connectivity index (χ1v) is 7.54. The summed E-state index contributed by atoms with van der Waals surface area (Å²) in [4.78, 5) is 12.1. The lowest BCUT2D eigenvalue weighted by molar-refractivity contribution is 0.0952. The smallest absolute Gasteiger partial charge is 0.275 e. The number of rotatable bonds is 4. The van der Waals surface area contributed by atoms with Gasteiger partial charge in [0.1, 0.15) is 5.75 Å². The highest BCUT2D eigenvalue weighted by Gasteiger charge is 2.15. The predicted molar refractivity (Wildman–Crippen MR) is 88.3 cm³/mol. The molecule has 0 radical (unpaired) electrons. The molecule has 0 unspecified atom stereocenters. The molecule has 1 aliphatic rings. The molecular weight excluding hydrogens is 364 g/mol. The molecule has 1 N–H and O–H groups in total. The summed E-state index contributed by atoms with van der Waals surface area (Å²) < 4.78 is 16.5. The molecule has 2 aromatic rings. The third kappa shape index (κ3) is 3.29. The van der Waals surface area contributed by atoms with E-state index in [1.165, 1.54) is 13.3 Å². The van der Waals surface area contributed by atoms with Gasteiger partial charge in [-0.15, -0.1) is 0 Å². The largest absolute Gasteiger partial charge is 0.496 e. The standard InChI is InChI=1S/C16H13BrN2O4/c1-21-13-5-3-2-4-11(13)16(20)19-18-8-10-6-14-15(7-12(10)17)23-9-22-14/h2-8H,9H2,1H3,(H,19,20)/b18-8+. The van der Waals surface area contributed by atoms with Crippen molar-refractivity contribution in [1.29, 1.82) is 0 Å². The molecule has 0 aromatic heterocycles. The normalized spacial score (nSPS) is 12.4. The third-order valence-corrected chi connectivity index (χ3v) is 3.90. The Morgan fingerprint density at radius 2 is 2.04 bits per heavy atom.